The van der Waals surface area contributed by atoms with Crippen LogP contribution < -0.4 is 5.73 Å². The SMILES string of the molecule is NC(=O)[C@@H](OC(=O)c1cc(Cl)cc2cccnc12)c1ccccc1. The molecule has 2 aromatic carbocycles. The molecular formula is C18H13ClN2O3. The fraction of sp³-hybridized carbons (Fsp3) is 0.0556. The number of hydrogen-bond acceptors (Lipinski definition) is 4. The van der Waals surface area contributed by atoms with Gasteiger partial charge in [0.2, 0.25) is 6.10 Å². The zero-order valence-corrected chi connectivity index (χ0v) is 13.2. The average Bonchev–Trinajstić information content (AvgIpc) is 2.59. The Morgan fingerprint density at radius 2 is 1.83 bits per heavy atom. The van der Waals surface area contributed by atoms with E-state index in [4.69, 9.17) is 22.1 Å². The number of halogens is 1. The molecule has 0 unspecified atom stereocenters. The zero-order chi connectivity index (χ0) is 17.1. The van der Waals surface area contributed by atoms with E-state index in [-0.39, 0.29) is 5.56 Å². The van der Waals surface area contributed by atoms with Crippen molar-refractivity contribution in [3.05, 3.63) is 76.9 Å². The van der Waals surface area contributed by atoms with E-state index < -0.39 is 18.0 Å². The predicted octanol–water partition coefficient (Wildman–Crippen LogP) is 3.27. The number of hydrogen-bond donors (Lipinski definition) is 1. The number of carbonyl (C=O) groups is 2. The normalized spacial score (nSPS) is 11.9. The highest BCUT2D eigenvalue weighted by atomic mass is 35.5. The summed E-state index contributed by atoms with van der Waals surface area (Å²) in [5.41, 5.74) is 6.51. The summed E-state index contributed by atoms with van der Waals surface area (Å²) in [7, 11) is 0. The molecule has 3 rings (SSSR count). The molecule has 1 amide bonds. The molecule has 1 heterocycles. The van der Waals surface area contributed by atoms with Crippen LogP contribution in [0.4, 0.5) is 0 Å². The summed E-state index contributed by atoms with van der Waals surface area (Å²) < 4.78 is 5.34. The molecule has 2 N–H and O–H groups in total. The molecule has 5 nitrogen and oxygen atoms in total. The van der Waals surface area contributed by atoms with Gasteiger partial charge in [-0.1, -0.05) is 48.0 Å². The summed E-state index contributed by atoms with van der Waals surface area (Å²) >= 11 is 6.06. The van der Waals surface area contributed by atoms with Crippen molar-refractivity contribution in [3.63, 3.8) is 0 Å². The van der Waals surface area contributed by atoms with Crippen molar-refractivity contribution >= 4 is 34.4 Å². The van der Waals surface area contributed by atoms with Gasteiger partial charge in [-0.15, -0.1) is 0 Å². The lowest BCUT2D eigenvalue weighted by molar-refractivity contribution is -0.127. The van der Waals surface area contributed by atoms with E-state index in [1.807, 2.05) is 0 Å². The van der Waals surface area contributed by atoms with Crippen molar-refractivity contribution in [2.75, 3.05) is 0 Å². The lowest BCUT2D eigenvalue weighted by atomic mass is 10.1. The summed E-state index contributed by atoms with van der Waals surface area (Å²) in [5, 5.41) is 1.07. The number of primary amides is 1. The lowest BCUT2D eigenvalue weighted by Crippen LogP contribution is -2.26. The van der Waals surface area contributed by atoms with Crippen molar-refractivity contribution in [3.8, 4) is 0 Å². The Kier molecular flexibility index (Phi) is 4.44. The fourth-order valence-corrected chi connectivity index (χ4v) is 2.63. The monoisotopic (exact) mass is 340 g/mol. The largest absolute Gasteiger partial charge is 0.444 e. The van der Waals surface area contributed by atoms with Crippen molar-refractivity contribution < 1.29 is 14.3 Å². The van der Waals surface area contributed by atoms with E-state index in [1.54, 1.807) is 54.7 Å². The van der Waals surface area contributed by atoms with Gasteiger partial charge in [-0.25, -0.2) is 4.79 Å². The number of aromatic nitrogens is 1. The quantitative estimate of drug-likeness (QED) is 0.739. The van der Waals surface area contributed by atoms with Gasteiger partial charge in [-0.05, 0) is 18.2 Å². The number of ether oxygens (including phenoxy) is 1. The molecule has 0 radical (unpaired) electrons. The molecule has 24 heavy (non-hydrogen) atoms. The van der Waals surface area contributed by atoms with E-state index in [9.17, 15) is 9.59 Å². The first-order valence-electron chi connectivity index (χ1n) is 7.16. The number of pyridine rings is 1. The van der Waals surface area contributed by atoms with Crippen LogP contribution in [0.15, 0.2) is 60.8 Å². The Bertz CT molecular complexity index is 913. The summed E-state index contributed by atoms with van der Waals surface area (Å²) in [6.07, 6.45) is 0.381. The Labute approximate surface area is 143 Å². The van der Waals surface area contributed by atoms with Crippen LogP contribution in [0, 0.1) is 0 Å². The molecule has 0 fully saturated rings. The fourth-order valence-electron chi connectivity index (χ4n) is 2.40. The van der Waals surface area contributed by atoms with Gasteiger partial charge >= 0.3 is 5.97 Å². The number of nitrogens with two attached hydrogens (primary N) is 1. The second-order valence-electron chi connectivity index (χ2n) is 5.13. The van der Waals surface area contributed by atoms with Crippen LogP contribution in [0.1, 0.15) is 22.0 Å². The second-order valence-corrected chi connectivity index (χ2v) is 5.56. The molecule has 6 heteroatoms. The van der Waals surface area contributed by atoms with Gasteiger partial charge in [-0.2, -0.15) is 0 Å². The number of benzene rings is 2. The van der Waals surface area contributed by atoms with Crippen LogP contribution in [0.5, 0.6) is 0 Å². The predicted molar refractivity (Wildman–Crippen MR) is 90.5 cm³/mol. The number of fused-ring (bicyclic) bond motifs is 1. The summed E-state index contributed by atoms with van der Waals surface area (Å²) in [5.74, 6) is -1.47. The van der Waals surface area contributed by atoms with Gasteiger partial charge in [0.1, 0.15) is 0 Å². The summed E-state index contributed by atoms with van der Waals surface area (Å²) in [4.78, 5) is 28.5. The molecular weight excluding hydrogens is 328 g/mol. The molecule has 0 aliphatic rings. The van der Waals surface area contributed by atoms with Gasteiger partial charge in [0, 0.05) is 22.2 Å². The Morgan fingerprint density at radius 3 is 2.54 bits per heavy atom. The van der Waals surface area contributed by atoms with Crippen LogP contribution in [0.3, 0.4) is 0 Å². The minimum absolute atomic E-state index is 0.181. The molecule has 3 aromatic rings. The van der Waals surface area contributed by atoms with Gasteiger partial charge in [0.25, 0.3) is 5.91 Å². The van der Waals surface area contributed by atoms with Crippen LogP contribution >= 0.6 is 11.6 Å². The van der Waals surface area contributed by atoms with Crippen molar-refractivity contribution in [2.24, 2.45) is 5.73 Å². The maximum Gasteiger partial charge on any atom is 0.341 e. The maximum atomic E-state index is 12.6. The smallest absolute Gasteiger partial charge is 0.341 e. The van der Waals surface area contributed by atoms with Gasteiger partial charge in [0.05, 0.1) is 11.1 Å². The van der Waals surface area contributed by atoms with Crippen LogP contribution in [-0.2, 0) is 9.53 Å². The molecule has 0 saturated carbocycles. The first-order valence-corrected chi connectivity index (χ1v) is 7.53. The number of carbonyl (C=O) groups excluding carboxylic acids is 2. The van der Waals surface area contributed by atoms with Crippen molar-refractivity contribution in [1.29, 1.82) is 0 Å². The highest BCUT2D eigenvalue weighted by molar-refractivity contribution is 6.32. The summed E-state index contributed by atoms with van der Waals surface area (Å²) in [6.45, 7) is 0. The van der Waals surface area contributed by atoms with Crippen molar-refractivity contribution in [2.45, 2.75) is 6.10 Å². The van der Waals surface area contributed by atoms with Crippen LogP contribution in [0.2, 0.25) is 5.02 Å². The number of esters is 1. The number of amides is 1. The maximum absolute atomic E-state index is 12.6. The minimum atomic E-state index is -1.18. The first-order chi connectivity index (χ1) is 11.6. The molecule has 0 bridgehead atoms. The highest BCUT2D eigenvalue weighted by Gasteiger charge is 2.24. The number of rotatable bonds is 4. The van der Waals surface area contributed by atoms with Crippen LogP contribution in [-0.4, -0.2) is 16.9 Å². The number of nitrogens with zero attached hydrogens (tertiary/aromatic N) is 1. The third-order valence-corrected chi connectivity index (χ3v) is 3.69. The molecule has 0 aliphatic carbocycles. The van der Waals surface area contributed by atoms with E-state index in [2.05, 4.69) is 4.98 Å². The Balaban J connectivity index is 1.99. The Hall–Kier alpha value is -2.92. The topological polar surface area (TPSA) is 82.3 Å². The molecule has 120 valence electrons. The lowest BCUT2D eigenvalue weighted by Gasteiger charge is -2.15. The average molecular weight is 341 g/mol. The molecule has 0 aliphatic heterocycles. The highest BCUT2D eigenvalue weighted by Crippen LogP contribution is 2.25. The Morgan fingerprint density at radius 1 is 1.08 bits per heavy atom. The first kappa shape index (κ1) is 16.0. The van der Waals surface area contributed by atoms with Crippen molar-refractivity contribution in [1.82, 2.24) is 4.98 Å². The third-order valence-electron chi connectivity index (χ3n) is 3.48. The van der Waals surface area contributed by atoms with E-state index >= 15 is 0 Å². The minimum Gasteiger partial charge on any atom is -0.444 e. The molecule has 1 aromatic heterocycles. The zero-order valence-electron chi connectivity index (χ0n) is 12.5. The summed E-state index contributed by atoms with van der Waals surface area (Å²) in [6, 6.07) is 15.3. The second kappa shape index (κ2) is 6.68. The van der Waals surface area contributed by atoms with Crippen LogP contribution in [0.25, 0.3) is 10.9 Å². The molecule has 0 spiro atoms. The van der Waals surface area contributed by atoms with E-state index in [0.29, 0.717) is 21.5 Å². The standard InChI is InChI=1S/C18H13ClN2O3/c19-13-9-12-7-4-8-21-15(12)14(10-13)18(23)24-16(17(20)22)11-5-2-1-3-6-11/h1-10,16H,(H2,20,22)/t16-/m0/s1. The molecule has 1 atom stereocenters. The van der Waals surface area contributed by atoms with E-state index in [0.717, 1.165) is 0 Å². The van der Waals surface area contributed by atoms with Gasteiger partial charge in [-0.3, -0.25) is 9.78 Å². The van der Waals surface area contributed by atoms with Gasteiger partial charge < -0.3 is 10.5 Å². The third kappa shape index (κ3) is 3.21. The molecule has 0 saturated heterocycles. The van der Waals surface area contributed by atoms with E-state index in [1.165, 1.54) is 6.07 Å². The van der Waals surface area contributed by atoms with Gasteiger partial charge in [0.15, 0.2) is 0 Å².